The molecule has 0 atom stereocenters. The normalized spacial score (nSPS) is 10.7. The van der Waals surface area contributed by atoms with Crippen LogP contribution < -0.4 is 11.1 Å². The third-order valence-electron chi connectivity index (χ3n) is 2.96. The Labute approximate surface area is 107 Å². The van der Waals surface area contributed by atoms with Gasteiger partial charge in [0.05, 0.1) is 0 Å². The zero-order valence-corrected chi connectivity index (χ0v) is 10.6. The molecule has 0 unspecified atom stereocenters. The van der Waals surface area contributed by atoms with Crippen molar-refractivity contribution < 1.29 is 4.79 Å². The molecule has 18 heavy (non-hydrogen) atoms. The van der Waals surface area contributed by atoms with E-state index < -0.39 is 0 Å². The number of nitrogen functional groups attached to an aromatic ring is 1. The second-order valence-electron chi connectivity index (χ2n) is 4.47. The van der Waals surface area contributed by atoms with Crippen molar-refractivity contribution >= 4 is 22.5 Å². The lowest BCUT2D eigenvalue weighted by Crippen LogP contribution is -2.28. The molecular formula is C14H19N3O. The average molecular weight is 245 g/mol. The maximum absolute atomic E-state index is 11.7. The van der Waals surface area contributed by atoms with Crippen molar-refractivity contribution in [3.63, 3.8) is 0 Å². The minimum Gasteiger partial charge on any atom is -0.399 e. The van der Waals surface area contributed by atoms with Crippen LogP contribution in [-0.2, 0) is 11.3 Å². The minimum absolute atomic E-state index is 0.0535. The quantitative estimate of drug-likeness (QED) is 0.626. The number of hydrogen-bond donors (Lipinski definition) is 2. The Hall–Kier alpha value is -1.97. The highest BCUT2D eigenvalue weighted by atomic mass is 16.1. The van der Waals surface area contributed by atoms with Gasteiger partial charge in [0.25, 0.3) is 0 Å². The van der Waals surface area contributed by atoms with E-state index in [2.05, 4.69) is 12.2 Å². The van der Waals surface area contributed by atoms with E-state index in [0.29, 0.717) is 6.54 Å². The first-order valence-electron chi connectivity index (χ1n) is 6.32. The van der Waals surface area contributed by atoms with Gasteiger partial charge in [-0.2, -0.15) is 0 Å². The first kappa shape index (κ1) is 12.5. The Bertz CT molecular complexity index is 545. The number of amides is 1. The molecule has 1 heterocycles. The first-order chi connectivity index (χ1) is 8.70. The lowest BCUT2D eigenvalue weighted by molar-refractivity contribution is -0.121. The summed E-state index contributed by atoms with van der Waals surface area (Å²) in [5, 5.41) is 3.98. The van der Waals surface area contributed by atoms with Crippen LogP contribution in [0.4, 0.5) is 5.69 Å². The van der Waals surface area contributed by atoms with Gasteiger partial charge in [-0.25, -0.2) is 0 Å². The van der Waals surface area contributed by atoms with Crippen molar-refractivity contribution in [2.45, 2.75) is 26.3 Å². The molecule has 96 valence electrons. The third-order valence-corrected chi connectivity index (χ3v) is 2.96. The van der Waals surface area contributed by atoms with Gasteiger partial charge in [0.15, 0.2) is 0 Å². The molecule has 4 nitrogen and oxygen atoms in total. The molecule has 0 fully saturated rings. The highest BCUT2D eigenvalue weighted by Crippen LogP contribution is 2.18. The van der Waals surface area contributed by atoms with Crippen LogP contribution >= 0.6 is 0 Å². The highest BCUT2D eigenvalue weighted by molar-refractivity contribution is 5.85. The fourth-order valence-corrected chi connectivity index (χ4v) is 1.97. The molecule has 0 radical (unpaired) electrons. The summed E-state index contributed by atoms with van der Waals surface area (Å²) in [6, 6.07) is 7.70. The maximum Gasteiger partial charge on any atom is 0.239 e. The number of nitrogens with two attached hydrogens (primary N) is 1. The number of benzene rings is 1. The Balaban J connectivity index is 2.05. The van der Waals surface area contributed by atoms with E-state index in [1.54, 1.807) is 0 Å². The summed E-state index contributed by atoms with van der Waals surface area (Å²) in [5.74, 6) is 0.0535. The second kappa shape index (κ2) is 5.58. The van der Waals surface area contributed by atoms with E-state index in [1.807, 2.05) is 35.0 Å². The molecule has 1 amide bonds. The van der Waals surface area contributed by atoms with Crippen molar-refractivity contribution in [2.75, 3.05) is 12.3 Å². The fourth-order valence-electron chi connectivity index (χ4n) is 1.97. The molecule has 0 aliphatic heterocycles. The summed E-state index contributed by atoms with van der Waals surface area (Å²) in [7, 11) is 0. The molecule has 0 saturated carbocycles. The lowest BCUT2D eigenvalue weighted by Gasteiger charge is -2.07. The molecule has 3 N–H and O–H groups in total. The summed E-state index contributed by atoms with van der Waals surface area (Å²) in [5.41, 5.74) is 7.51. The molecule has 0 aliphatic carbocycles. The number of nitrogens with zero attached hydrogens (tertiary/aromatic N) is 1. The standard InChI is InChI=1S/C14H19N3O/c1-2-3-7-16-14(18)10-17-8-6-11-9-12(15)4-5-13(11)17/h4-6,8-9H,2-3,7,10,15H2,1H3,(H,16,18). The maximum atomic E-state index is 11.7. The Kier molecular flexibility index (Phi) is 3.87. The molecule has 1 aromatic heterocycles. The number of anilines is 1. The molecule has 0 saturated heterocycles. The van der Waals surface area contributed by atoms with Gasteiger partial charge in [-0.3, -0.25) is 4.79 Å². The van der Waals surface area contributed by atoms with Gasteiger partial charge in [0.2, 0.25) is 5.91 Å². The van der Waals surface area contributed by atoms with Crippen LogP contribution in [-0.4, -0.2) is 17.0 Å². The van der Waals surface area contributed by atoms with E-state index in [-0.39, 0.29) is 5.91 Å². The van der Waals surface area contributed by atoms with Crippen LogP contribution in [0.3, 0.4) is 0 Å². The largest absolute Gasteiger partial charge is 0.399 e. The Morgan fingerprint density at radius 1 is 1.39 bits per heavy atom. The number of nitrogens with one attached hydrogen (secondary N) is 1. The van der Waals surface area contributed by atoms with Gasteiger partial charge in [-0.15, -0.1) is 0 Å². The van der Waals surface area contributed by atoms with Gasteiger partial charge in [-0.05, 0) is 30.7 Å². The van der Waals surface area contributed by atoms with Crippen molar-refractivity contribution in [1.82, 2.24) is 9.88 Å². The lowest BCUT2D eigenvalue weighted by atomic mass is 10.2. The Morgan fingerprint density at radius 2 is 2.22 bits per heavy atom. The van der Waals surface area contributed by atoms with Gasteiger partial charge < -0.3 is 15.6 Å². The number of fused-ring (bicyclic) bond motifs is 1. The van der Waals surface area contributed by atoms with E-state index >= 15 is 0 Å². The van der Waals surface area contributed by atoms with E-state index in [1.165, 1.54) is 0 Å². The fraction of sp³-hybridized carbons (Fsp3) is 0.357. The second-order valence-corrected chi connectivity index (χ2v) is 4.47. The number of carbonyl (C=O) groups is 1. The van der Waals surface area contributed by atoms with E-state index in [9.17, 15) is 4.79 Å². The first-order valence-corrected chi connectivity index (χ1v) is 6.32. The third kappa shape index (κ3) is 2.83. The smallest absolute Gasteiger partial charge is 0.239 e. The monoisotopic (exact) mass is 245 g/mol. The van der Waals surface area contributed by atoms with Crippen molar-refractivity contribution in [3.8, 4) is 0 Å². The SMILES string of the molecule is CCCCNC(=O)Cn1ccc2cc(N)ccc21. The van der Waals surface area contributed by atoms with E-state index in [4.69, 9.17) is 5.73 Å². The number of aromatic nitrogens is 1. The van der Waals surface area contributed by atoms with Gasteiger partial charge in [0, 0.05) is 29.3 Å². The van der Waals surface area contributed by atoms with Gasteiger partial charge >= 0.3 is 0 Å². The number of rotatable bonds is 5. The minimum atomic E-state index is 0.0535. The summed E-state index contributed by atoms with van der Waals surface area (Å²) in [4.78, 5) is 11.7. The van der Waals surface area contributed by atoms with Gasteiger partial charge in [0.1, 0.15) is 6.54 Å². The van der Waals surface area contributed by atoms with Crippen molar-refractivity contribution in [1.29, 1.82) is 0 Å². The van der Waals surface area contributed by atoms with Crippen LogP contribution in [0.2, 0.25) is 0 Å². The van der Waals surface area contributed by atoms with Crippen molar-refractivity contribution in [2.24, 2.45) is 0 Å². The van der Waals surface area contributed by atoms with Gasteiger partial charge in [-0.1, -0.05) is 13.3 Å². The predicted molar refractivity (Wildman–Crippen MR) is 74.3 cm³/mol. The van der Waals surface area contributed by atoms with Crippen LogP contribution in [0.1, 0.15) is 19.8 Å². The molecule has 0 bridgehead atoms. The molecule has 2 rings (SSSR count). The zero-order chi connectivity index (χ0) is 13.0. The molecule has 4 heteroatoms. The summed E-state index contributed by atoms with van der Waals surface area (Å²) in [6.45, 7) is 3.22. The van der Waals surface area contributed by atoms with Crippen LogP contribution in [0.5, 0.6) is 0 Å². The van der Waals surface area contributed by atoms with Crippen molar-refractivity contribution in [3.05, 3.63) is 30.5 Å². The average Bonchev–Trinajstić information content (AvgIpc) is 2.72. The summed E-state index contributed by atoms with van der Waals surface area (Å²) >= 11 is 0. The molecule has 0 aliphatic rings. The molecule has 1 aromatic carbocycles. The van der Waals surface area contributed by atoms with Crippen LogP contribution in [0.15, 0.2) is 30.5 Å². The zero-order valence-electron chi connectivity index (χ0n) is 10.6. The predicted octanol–water partition coefficient (Wildman–Crippen LogP) is 2.14. The summed E-state index contributed by atoms with van der Waals surface area (Å²) in [6.07, 6.45) is 4.03. The van der Waals surface area contributed by atoms with Crippen LogP contribution in [0.25, 0.3) is 10.9 Å². The number of unbranched alkanes of at least 4 members (excludes halogenated alkanes) is 1. The Morgan fingerprint density at radius 3 is 3.00 bits per heavy atom. The molecule has 2 aromatic rings. The summed E-state index contributed by atoms with van der Waals surface area (Å²) < 4.78 is 1.94. The highest BCUT2D eigenvalue weighted by Gasteiger charge is 2.05. The number of hydrogen-bond acceptors (Lipinski definition) is 2. The number of carbonyl (C=O) groups excluding carboxylic acids is 1. The topological polar surface area (TPSA) is 60.0 Å². The molecular weight excluding hydrogens is 226 g/mol. The van der Waals surface area contributed by atoms with Crippen LogP contribution in [0, 0.1) is 0 Å². The van der Waals surface area contributed by atoms with E-state index in [0.717, 1.165) is 36.0 Å². The molecule has 0 spiro atoms.